The van der Waals surface area contributed by atoms with E-state index in [0.717, 1.165) is 26.1 Å². The molecular weight excluding hydrogens is 363 g/mol. The Labute approximate surface area is 157 Å². The van der Waals surface area contributed by atoms with Gasteiger partial charge < -0.3 is 24.8 Å². The number of halogens is 3. The van der Waals surface area contributed by atoms with Crippen molar-refractivity contribution in [2.45, 2.75) is 25.7 Å². The van der Waals surface area contributed by atoms with Crippen LogP contribution in [0.2, 0.25) is 0 Å². The molecule has 1 aliphatic rings. The molecule has 1 atom stereocenters. The molecule has 1 heterocycles. The predicted octanol–water partition coefficient (Wildman–Crippen LogP) is 2.69. The van der Waals surface area contributed by atoms with E-state index in [1.165, 1.54) is 12.1 Å². The number of aliphatic imine (C=N–C) groups is 1. The van der Waals surface area contributed by atoms with Crippen molar-refractivity contribution in [1.82, 2.24) is 10.6 Å². The number of para-hydroxylation sites is 1. The van der Waals surface area contributed by atoms with Crippen molar-refractivity contribution < 1.29 is 27.4 Å². The van der Waals surface area contributed by atoms with E-state index in [-0.39, 0.29) is 12.3 Å². The van der Waals surface area contributed by atoms with Crippen LogP contribution in [0.25, 0.3) is 0 Å². The Hall–Kier alpha value is -2.00. The molecule has 0 aromatic heterocycles. The van der Waals surface area contributed by atoms with Gasteiger partial charge in [-0.2, -0.15) is 0 Å². The average molecular weight is 389 g/mol. The van der Waals surface area contributed by atoms with Gasteiger partial charge >= 0.3 is 6.36 Å². The molecule has 0 aliphatic carbocycles. The largest absolute Gasteiger partial charge is 0.573 e. The zero-order valence-electron chi connectivity index (χ0n) is 15.3. The highest BCUT2D eigenvalue weighted by Gasteiger charge is 2.31. The normalized spacial score (nSPS) is 17.8. The van der Waals surface area contributed by atoms with E-state index in [4.69, 9.17) is 9.47 Å². The van der Waals surface area contributed by atoms with Crippen LogP contribution in [-0.2, 0) is 16.0 Å². The average Bonchev–Trinajstić information content (AvgIpc) is 3.14. The van der Waals surface area contributed by atoms with Crippen LogP contribution >= 0.6 is 0 Å². The topological polar surface area (TPSA) is 64.1 Å². The molecule has 152 valence electrons. The first kappa shape index (κ1) is 21.3. The summed E-state index contributed by atoms with van der Waals surface area (Å²) >= 11 is 0. The fourth-order valence-electron chi connectivity index (χ4n) is 2.62. The maximum Gasteiger partial charge on any atom is 0.573 e. The number of guanidine groups is 1. The van der Waals surface area contributed by atoms with Crippen molar-refractivity contribution in [2.75, 3.05) is 40.0 Å². The molecule has 1 aromatic carbocycles. The standard InChI is InChI=1S/C18H26F3N3O3/c1-22-17(23-8-4-9-25-12-14-7-10-26-13-14)24-11-15-5-2-3-6-16(15)27-18(19,20)21/h2-3,5-6,14H,4,7-13H2,1H3,(H2,22,23,24). The molecule has 0 saturated carbocycles. The number of alkyl halides is 3. The summed E-state index contributed by atoms with van der Waals surface area (Å²) in [6.45, 7) is 3.72. The van der Waals surface area contributed by atoms with Crippen molar-refractivity contribution in [2.24, 2.45) is 10.9 Å². The number of hydrogen-bond acceptors (Lipinski definition) is 4. The lowest BCUT2D eigenvalue weighted by atomic mass is 10.1. The zero-order chi connectivity index (χ0) is 19.5. The van der Waals surface area contributed by atoms with Crippen LogP contribution in [0, 0.1) is 5.92 Å². The molecule has 1 aromatic rings. The van der Waals surface area contributed by atoms with Gasteiger partial charge in [-0.1, -0.05) is 18.2 Å². The number of ether oxygens (including phenoxy) is 3. The van der Waals surface area contributed by atoms with Crippen molar-refractivity contribution >= 4 is 5.96 Å². The van der Waals surface area contributed by atoms with Gasteiger partial charge in [-0.05, 0) is 18.9 Å². The third-order valence-corrected chi connectivity index (χ3v) is 4.00. The number of rotatable bonds is 9. The molecule has 0 radical (unpaired) electrons. The first-order valence-corrected chi connectivity index (χ1v) is 8.91. The second-order valence-corrected chi connectivity index (χ2v) is 6.17. The quantitative estimate of drug-likeness (QED) is 0.386. The Bertz CT molecular complexity index is 591. The predicted molar refractivity (Wildman–Crippen MR) is 95.7 cm³/mol. The van der Waals surface area contributed by atoms with Crippen molar-refractivity contribution in [3.8, 4) is 5.75 Å². The summed E-state index contributed by atoms with van der Waals surface area (Å²) < 4.78 is 52.3. The molecule has 2 rings (SSSR count). The lowest BCUT2D eigenvalue weighted by molar-refractivity contribution is -0.274. The molecule has 9 heteroatoms. The third-order valence-electron chi connectivity index (χ3n) is 4.00. The maximum absolute atomic E-state index is 12.5. The second-order valence-electron chi connectivity index (χ2n) is 6.17. The fraction of sp³-hybridized carbons (Fsp3) is 0.611. The van der Waals surface area contributed by atoms with Crippen LogP contribution in [0.3, 0.4) is 0 Å². The Kier molecular flexibility index (Phi) is 8.66. The van der Waals surface area contributed by atoms with Gasteiger partial charge in [-0.25, -0.2) is 0 Å². The van der Waals surface area contributed by atoms with E-state index >= 15 is 0 Å². The molecule has 1 unspecified atom stereocenters. The van der Waals surface area contributed by atoms with Crippen LogP contribution in [-0.4, -0.2) is 52.3 Å². The number of hydrogen-bond donors (Lipinski definition) is 2. The Balaban J connectivity index is 1.66. The molecular formula is C18H26F3N3O3. The summed E-state index contributed by atoms with van der Waals surface area (Å²) in [5, 5.41) is 6.09. The van der Waals surface area contributed by atoms with Crippen LogP contribution in [0.5, 0.6) is 5.75 Å². The molecule has 0 amide bonds. The van der Waals surface area contributed by atoms with Gasteiger partial charge in [-0.15, -0.1) is 13.2 Å². The van der Waals surface area contributed by atoms with E-state index in [1.54, 1.807) is 19.2 Å². The van der Waals surface area contributed by atoms with E-state index in [9.17, 15) is 13.2 Å². The summed E-state index contributed by atoms with van der Waals surface area (Å²) in [6.07, 6.45) is -2.88. The van der Waals surface area contributed by atoms with Crippen LogP contribution in [0.4, 0.5) is 13.2 Å². The van der Waals surface area contributed by atoms with Crippen molar-refractivity contribution in [1.29, 1.82) is 0 Å². The lowest BCUT2D eigenvalue weighted by Crippen LogP contribution is -2.37. The summed E-state index contributed by atoms with van der Waals surface area (Å²) in [5.74, 6) is 0.768. The minimum atomic E-state index is -4.72. The molecule has 2 N–H and O–H groups in total. The van der Waals surface area contributed by atoms with Gasteiger partial charge in [-0.3, -0.25) is 4.99 Å². The minimum absolute atomic E-state index is 0.157. The van der Waals surface area contributed by atoms with Gasteiger partial charge in [0.1, 0.15) is 5.75 Å². The van der Waals surface area contributed by atoms with E-state index in [0.29, 0.717) is 37.2 Å². The second kappa shape index (κ2) is 11.0. The maximum atomic E-state index is 12.5. The third kappa shape index (κ3) is 8.49. The molecule has 1 aliphatic heterocycles. The molecule has 0 bridgehead atoms. The van der Waals surface area contributed by atoms with Gasteiger partial charge in [0, 0.05) is 44.8 Å². The van der Waals surface area contributed by atoms with Crippen molar-refractivity contribution in [3.63, 3.8) is 0 Å². The summed E-state index contributed by atoms with van der Waals surface area (Å²) in [7, 11) is 1.60. The number of benzene rings is 1. The molecule has 27 heavy (non-hydrogen) atoms. The molecule has 0 spiro atoms. The highest BCUT2D eigenvalue weighted by Crippen LogP contribution is 2.26. The van der Waals surface area contributed by atoms with E-state index in [1.807, 2.05) is 0 Å². The summed E-state index contributed by atoms with van der Waals surface area (Å²) in [4.78, 5) is 4.06. The minimum Gasteiger partial charge on any atom is -0.405 e. The highest BCUT2D eigenvalue weighted by atomic mass is 19.4. The summed E-state index contributed by atoms with van der Waals surface area (Å²) in [5.41, 5.74) is 0.389. The summed E-state index contributed by atoms with van der Waals surface area (Å²) in [6, 6.07) is 6.01. The number of nitrogens with zero attached hydrogens (tertiary/aromatic N) is 1. The first-order valence-electron chi connectivity index (χ1n) is 8.91. The van der Waals surface area contributed by atoms with Gasteiger partial charge in [0.25, 0.3) is 0 Å². The van der Waals surface area contributed by atoms with Crippen LogP contribution < -0.4 is 15.4 Å². The Morgan fingerprint density at radius 2 is 2.11 bits per heavy atom. The number of nitrogens with one attached hydrogen (secondary N) is 2. The highest BCUT2D eigenvalue weighted by molar-refractivity contribution is 5.79. The zero-order valence-corrected chi connectivity index (χ0v) is 15.3. The van der Waals surface area contributed by atoms with E-state index < -0.39 is 6.36 Å². The fourth-order valence-corrected chi connectivity index (χ4v) is 2.62. The molecule has 1 saturated heterocycles. The Morgan fingerprint density at radius 3 is 2.81 bits per heavy atom. The first-order chi connectivity index (χ1) is 13.0. The van der Waals surface area contributed by atoms with Gasteiger partial charge in [0.2, 0.25) is 0 Å². The van der Waals surface area contributed by atoms with Crippen molar-refractivity contribution in [3.05, 3.63) is 29.8 Å². The van der Waals surface area contributed by atoms with E-state index in [2.05, 4.69) is 20.4 Å². The monoisotopic (exact) mass is 389 g/mol. The lowest BCUT2D eigenvalue weighted by Gasteiger charge is -2.15. The molecule has 1 fully saturated rings. The SMILES string of the molecule is CN=C(NCCCOCC1CCOC1)NCc1ccccc1OC(F)(F)F. The van der Waals surface area contributed by atoms with Gasteiger partial charge in [0.05, 0.1) is 13.2 Å². The van der Waals surface area contributed by atoms with Gasteiger partial charge in [0.15, 0.2) is 5.96 Å². The van der Waals surface area contributed by atoms with Crippen LogP contribution in [0.15, 0.2) is 29.3 Å². The van der Waals surface area contributed by atoms with Crippen LogP contribution in [0.1, 0.15) is 18.4 Å². The Morgan fingerprint density at radius 1 is 1.30 bits per heavy atom. The smallest absolute Gasteiger partial charge is 0.405 e. The molecule has 6 nitrogen and oxygen atoms in total.